The van der Waals surface area contributed by atoms with Crippen molar-refractivity contribution in [3.63, 3.8) is 0 Å². The molecule has 1 fully saturated rings. The number of hydrogen-bond acceptors (Lipinski definition) is 3. The highest BCUT2D eigenvalue weighted by Gasteiger charge is 2.68. The van der Waals surface area contributed by atoms with Crippen molar-refractivity contribution in [2.24, 2.45) is 16.8 Å². The third kappa shape index (κ3) is 6.84. The maximum atomic E-state index is 14.8. The number of amides is 2. The first kappa shape index (κ1) is 35.4. The fourth-order valence-corrected chi connectivity index (χ4v) is 9.65. The van der Waals surface area contributed by atoms with Gasteiger partial charge in [-0.2, -0.15) is 0 Å². The van der Waals surface area contributed by atoms with Gasteiger partial charge in [0, 0.05) is 24.1 Å². The first-order valence-corrected chi connectivity index (χ1v) is 20.2. The number of nitrogens with zero attached hydrogens (tertiary/aromatic N) is 2. The fourth-order valence-electron chi connectivity index (χ4n) is 9.65. The van der Waals surface area contributed by atoms with Gasteiger partial charge in [-0.05, 0) is 40.1 Å². The molecule has 2 bridgehead atoms. The lowest BCUT2D eigenvalue weighted by atomic mass is 9.47. The number of aliphatic imine (C=N–C) groups is 1. The topological polar surface area (TPSA) is 49.7 Å². The minimum absolute atomic E-state index is 0.0917. The summed E-state index contributed by atoms with van der Waals surface area (Å²) in [5.41, 5.74) is 4.48. The second kappa shape index (κ2) is 16.5. The Bertz CT molecular complexity index is 1790. The predicted octanol–water partition coefficient (Wildman–Crippen LogP) is 11.7. The van der Waals surface area contributed by atoms with Crippen LogP contribution in [0.15, 0.2) is 96.0 Å². The molecule has 4 aromatic carbocycles. The summed E-state index contributed by atoms with van der Waals surface area (Å²) >= 11 is 0. The van der Waals surface area contributed by atoms with E-state index in [1.165, 1.54) is 101 Å². The normalized spacial score (nSPS) is 21.8. The second-order valence-corrected chi connectivity index (χ2v) is 15.4. The fraction of sp³-hybridized carbons (Fsp3) is 0.468. The van der Waals surface area contributed by atoms with Crippen LogP contribution >= 0.6 is 0 Å². The first-order valence-electron chi connectivity index (χ1n) is 20.2. The first-order chi connectivity index (χ1) is 25.2. The number of carbonyl (C=O) groups excluding carboxylic acids is 2. The molecule has 2 atom stereocenters. The van der Waals surface area contributed by atoms with Gasteiger partial charge in [-0.15, -0.1) is 0 Å². The van der Waals surface area contributed by atoms with Crippen molar-refractivity contribution < 1.29 is 9.59 Å². The number of anilines is 1. The minimum atomic E-state index is -0.784. The maximum Gasteiger partial charge on any atom is 0.239 e. The Hall–Kier alpha value is -4.05. The van der Waals surface area contributed by atoms with Gasteiger partial charge in [-0.1, -0.05) is 188 Å². The van der Waals surface area contributed by atoms with Crippen molar-refractivity contribution in [3.05, 3.63) is 113 Å². The van der Waals surface area contributed by atoms with Crippen molar-refractivity contribution in [3.8, 4) is 0 Å². The van der Waals surface area contributed by atoms with E-state index in [1.54, 1.807) is 0 Å². The second-order valence-electron chi connectivity index (χ2n) is 15.4. The Balaban J connectivity index is 1.01. The van der Waals surface area contributed by atoms with Crippen LogP contribution in [0, 0.1) is 11.8 Å². The highest BCUT2D eigenvalue weighted by Crippen LogP contribution is 2.63. The highest BCUT2D eigenvalue weighted by atomic mass is 16.2. The van der Waals surface area contributed by atoms with E-state index in [2.05, 4.69) is 61.7 Å². The molecule has 0 spiro atoms. The standard InChI is InChI=1S/C47H56N2O2/c1-2-3-4-5-6-7-8-9-10-11-12-13-14-15-16-23-33-48-34-47-39-30-21-19-28-37(39)42(38-29-20-22-31-40(38)47)43-44(47)46(51)49(45(43)50)41-32-24-26-35-25-17-18-27-36(35)41/h17-22,24-32,34,42-44H,2-16,23,33H2,1H3/t42?,43-,44-,47?/m1/s1. The monoisotopic (exact) mass is 680 g/mol. The molecule has 0 saturated carbocycles. The third-order valence-corrected chi connectivity index (χ3v) is 12.1. The van der Waals surface area contributed by atoms with Crippen LogP contribution in [0.5, 0.6) is 0 Å². The number of carbonyl (C=O) groups is 2. The molecule has 0 radical (unpaired) electrons. The van der Waals surface area contributed by atoms with Gasteiger partial charge in [0.15, 0.2) is 0 Å². The Labute approximate surface area is 305 Å². The predicted molar refractivity (Wildman–Crippen MR) is 212 cm³/mol. The van der Waals surface area contributed by atoms with E-state index in [0.29, 0.717) is 5.69 Å². The van der Waals surface area contributed by atoms with Crippen LogP contribution in [0.1, 0.15) is 138 Å². The molecule has 2 amide bonds. The van der Waals surface area contributed by atoms with Gasteiger partial charge in [-0.3, -0.25) is 14.6 Å². The molecule has 3 aliphatic carbocycles. The summed E-state index contributed by atoms with van der Waals surface area (Å²) in [7, 11) is 0. The Kier molecular flexibility index (Phi) is 11.5. The zero-order valence-corrected chi connectivity index (χ0v) is 30.7. The summed E-state index contributed by atoms with van der Waals surface area (Å²) in [5, 5.41) is 1.95. The van der Waals surface area contributed by atoms with Gasteiger partial charge >= 0.3 is 0 Å². The van der Waals surface area contributed by atoms with Gasteiger partial charge in [0.25, 0.3) is 0 Å². The molecule has 0 unspecified atom stereocenters. The minimum Gasteiger partial charge on any atom is -0.296 e. The van der Waals surface area contributed by atoms with E-state index in [1.807, 2.05) is 42.5 Å². The zero-order chi connectivity index (χ0) is 35.0. The van der Waals surface area contributed by atoms with Crippen LogP contribution in [-0.2, 0) is 15.0 Å². The molecule has 1 saturated heterocycles. The van der Waals surface area contributed by atoms with Crippen LogP contribution in [0.2, 0.25) is 0 Å². The van der Waals surface area contributed by atoms with Crippen molar-refractivity contribution in [2.75, 3.05) is 11.4 Å². The largest absolute Gasteiger partial charge is 0.296 e. The smallest absolute Gasteiger partial charge is 0.239 e. The lowest BCUT2D eigenvalue weighted by molar-refractivity contribution is -0.122. The average Bonchev–Trinajstić information content (AvgIpc) is 3.44. The molecule has 4 heteroatoms. The third-order valence-electron chi connectivity index (χ3n) is 12.1. The summed E-state index contributed by atoms with van der Waals surface area (Å²) in [4.78, 5) is 36.1. The molecule has 4 nitrogen and oxygen atoms in total. The maximum absolute atomic E-state index is 14.8. The number of fused-ring (bicyclic) bond motifs is 1. The Morgan fingerprint density at radius 2 is 1.10 bits per heavy atom. The molecule has 4 aromatic rings. The molecule has 266 valence electrons. The lowest BCUT2D eigenvalue weighted by Crippen LogP contribution is -2.54. The Morgan fingerprint density at radius 1 is 0.588 bits per heavy atom. The molecule has 8 rings (SSSR count). The SMILES string of the molecule is CCCCCCCCCCCCCCCCCCN=CC12c3ccccc3C(c3ccccc31)[C@H]1C(=O)N(c3cccc4ccccc34)C(=O)[C@@H]12. The van der Waals surface area contributed by atoms with Gasteiger partial charge in [0.1, 0.15) is 0 Å². The molecule has 4 aliphatic rings. The summed E-state index contributed by atoms with van der Waals surface area (Å²) in [6.45, 7) is 3.02. The van der Waals surface area contributed by atoms with Crippen molar-refractivity contribution in [2.45, 2.75) is 121 Å². The van der Waals surface area contributed by atoms with E-state index in [9.17, 15) is 9.59 Å². The number of hydrogen-bond donors (Lipinski definition) is 0. The van der Waals surface area contributed by atoms with E-state index in [0.717, 1.165) is 46.0 Å². The van der Waals surface area contributed by atoms with Crippen LogP contribution < -0.4 is 4.90 Å². The van der Waals surface area contributed by atoms with E-state index in [-0.39, 0.29) is 17.7 Å². The molecule has 1 aliphatic heterocycles. The van der Waals surface area contributed by atoms with Gasteiger partial charge in [0.2, 0.25) is 11.8 Å². The van der Waals surface area contributed by atoms with E-state index >= 15 is 0 Å². The summed E-state index contributed by atoms with van der Waals surface area (Å²) in [6.07, 6.45) is 23.6. The summed E-state index contributed by atoms with van der Waals surface area (Å²) < 4.78 is 0. The van der Waals surface area contributed by atoms with E-state index < -0.39 is 17.3 Å². The van der Waals surface area contributed by atoms with Crippen molar-refractivity contribution in [1.82, 2.24) is 0 Å². The number of benzene rings is 4. The molecule has 0 N–H and O–H groups in total. The lowest BCUT2D eigenvalue weighted by Gasteiger charge is -2.52. The van der Waals surface area contributed by atoms with Crippen LogP contribution in [0.4, 0.5) is 5.69 Å². The molecule has 0 aromatic heterocycles. The molecular formula is C47H56N2O2. The highest BCUT2D eigenvalue weighted by molar-refractivity contribution is 6.27. The van der Waals surface area contributed by atoms with Gasteiger partial charge in [-0.25, -0.2) is 4.90 Å². The quantitative estimate of drug-likeness (QED) is 0.0562. The van der Waals surface area contributed by atoms with Gasteiger partial charge in [0.05, 0.1) is 22.9 Å². The Morgan fingerprint density at radius 3 is 1.71 bits per heavy atom. The summed E-state index contributed by atoms with van der Waals surface area (Å²) in [5.74, 6) is -1.36. The average molecular weight is 681 g/mol. The number of rotatable bonds is 19. The van der Waals surface area contributed by atoms with Crippen LogP contribution in [-0.4, -0.2) is 24.6 Å². The number of imide groups is 1. The van der Waals surface area contributed by atoms with Crippen molar-refractivity contribution in [1.29, 1.82) is 0 Å². The molecular weight excluding hydrogens is 625 g/mol. The van der Waals surface area contributed by atoms with E-state index in [4.69, 9.17) is 4.99 Å². The molecule has 1 heterocycles. The van der Waals surface area contributed by atoms with Crippen LogP contribution in [0.3, 0.4) is 0 Å². The molecule has 51 heavy (non-hydrogen) atoms. The van der Waals surface area contributed by atoms with Gasteiger partial charge < -0.3 is 0 Å². The summed E-state index contributed by atoms with van der Waals surface area (Å²) in [6, 6.07) is 30.9. The number of unbranched alkanes of at least 4 members (excludes halogenated alkanes) is 15. The zero-order valence-electron chi connectivity index (χ0n) is 30.7. The van der Waals surface area contributed by atoms with Crippen LogP contribution in [0.25, 0.3) is 10.8 Å². The van der Waals surface area contributed by atoms with Crippen molar-refractivity contribution >= 4 is 34.5 Å².